The van der Waals surface area contributed by atoms with Gasteiger partial charge in [-0.15, -0.1) is 11.3 Å². The fourth-order valence-electron chi connectivity index (χ4n) is 3.11. The molecule has 1 nitrogen and oxygen atoms in total. The molecule has 0 aliphatic heterocycles. The molecule has 0 N–H and O–H groups in total. The normalized spacial score (nSPS) is 11.4. The molecule has 4 rings (SSSR count). The lowest BCUT2D eigenvalue weighted by Crippen LogP contribution is -1.81. The number of thiophene rings is 1. The van der Waals surface area contributed by atoms with Crippen LogP contribution in [0.1, 0.15) is 11.1 Å². The Morgan fingerprint density at radius 3 is 1.97 bits per heavy atom. The van der Waals surface area contributed by atoms with E-state index in [4.69, 9.17) is 4.74 Å². The van der Waals surface area contributed by atoms with Crippen LogP contribution in [0, 0.1) is 0 Å². The molecule has 3 heteroatoms. The zero-order valence-corrected chi connectivity index (χ0v) is 19.0. The SMILES string of the molecule is COc1ccc(-c2sc(-c3ccc(C=CC=Cc4ccccc4)cc3)cc2Br)cc1. The van der Waals surface area contributed by atoms with Gasteiger partial charge in [-0.05, 0) is 68.5 Å². The number of ether oxygens (including phenoxy) is 1. The van der Waals surface area contributed by atoms with Gasteiger partial charge in [-0.3, -0.25) is 0 Å². The van der Waals surface area contributed by atoms with Crippen LogP contribution in [-0.4, -0.2) is 7.11 Å². The third-order valence-corrected chi connectivity index (χ3v) is 6.84. The highest BCUT2D eigenvalue weighted by atomic mass is 79.9. The van der Waals surface area contributed by atoms with Crippen LogP contribution in [-0.2, 0) is 0 Å². The van der Waals surface area contributed by atoms with Crippen molar-refractivity contribution >= 4 is 39.4 Å². The molecule has 0 unspecified atom stereocenters. The molecule has 0 saturated carbocycles. The van der Waals surface area contributed by atoms with E-state index in [1.807, 2.05) is 30.3 Å². The summed E-state index contributed by atoms with van der Waals surface area (Å²) in [5.41, 5.74) is 4.79. The van der Waals surface area contributed by atoms with Gasteiger partial charge in [-0.1, -0.05) is 78.9 Å². The molecule has 148 valence electrons. The maximum atomic E-state index is 5.26. The van der Waals surface area contributed by atoms with Gasteiger partial charge in [0.05, 0.1) is 7.11 Å². The Labute approximate surface area is 190 Å². The van der Waals surface area contributed by atoms with Gasteiger partial charge in [0, 0.05) is 14.2 Å². The predicted octanol–water partition coefficient (Wildman–Crippen LogP) is 8.58. The fourth-order valence-corrected chi connectivity index (χ4v) is 5.02. The second-order valence-corrected chi connectivity index (χ2v) is 8.67. The van der Waals surface area contributed by atoms with Crippen LogP contribution in [0.3, 0.4) is 0 Å². The number of benzene rings is 3. The van der Waals surface area contributed by atoms with Crippen molar-refractivity contribution in [2.45, 2.75) is 0 Å². The summed E-state index contributed by atoms with van der Waals surface area (Å²) in [5.74, 6) is 0.869. The minimum Gasteiger partial charge on any atom is -0.497 e. The summed E-state index contributed by atoms with van der Waals surface area (Å²) in [6.07, 6.45) is 8.37. The summed E-state index contributed by atoms with van der Waals surface area (Å²) in [5, 5.41) is 0. The van der Waals surface area contributed by atoms with E-state index in [0.29, 0.717) is 0 Å². The summed E-state index contributed by atoms with van der Waals surface area (Å²) in [7, 11) is 1.69. The lowest BCUT2D eigenvalue weighted by Gasteiger charge is -2.02. The lowest BCUT2D eigenvalue weighted by molar-refractivity contribution is 0.415. The van der Waals surface area contributed by atoms with E-state index in [0.717, 1.165) is 10.2 Å². The van der Waals surface area contributed by atoms with E-state index in [1.54, 1.807) is 18.4 Å². The second kappa shape index (κ2) is 9.75. The number of methoxy groups -OCH3 is 1. The van der Waals surface area contributed by atoms with Crippen LogP contribution >= 0.6 is 27.3 Å². The molecule has 1 heterocycles. The summed E-state index contributed by atoms with van der Waals surface area (Å²) in [4.78, 5) is 2.47. The van der Waals surface area contributed by atoms with Crippen molar-refractivity contribution in [1.82, 2.24) is 0 Å². The molecule has 4 aromatic rings. The average molecular weight is 473 g/mol. The molecule has 0 spiro atoms. The van der Waals surface area contributed by atoms with E-state index in [9.17, 15) is 0 Å². The molecule has 0 saturated heterocycles. The van der Waals surface area contributed by atoms with Gasteiger partial charge >= 0.3 is 0 Å². The third-order valence-electron chi connectivity index (χ3n) is 4.72. The molecule has 30 heavy (non-hydrogen) atoms. The first kappa shape index (κ1) is 20.4. The van der Waals surface area contributed by atoms with Gasteiger partial charge in [0.15, 0.2) is 0 Å². The van der Waals surface area contributed by atoms with Gasteiger partial charge in [-0.2, -0.15) is 0 Å². The Hall–Kier alpha value is -2.88. The molecule has 0 radical (unpaired) electrons. The first-order chi connectivity index (χ1) is 14.7. The van der Waals surface area contributed by atoms with Crippen molar-refractivity contribution in [1.29, 1.82) is 0 Å². The minimum absolute atomic E-state index is 0.869. The lowest BCUT2D eigenvalue weighted by atomic mass is 10.1. The maximum Gasteiger partial charge on any atom is 0.118 e. The standard InChI is InChI=1S/C27H21BrOS/c1-29-24-17-15-23(16-18-24)27-25(28)19-26(30-27)22-13-11-21(12-14-22)10-6-5-9-20-7-3-2-4-8-20/h2-19H,1H3. The van der Waals surface area contributed by atoms with Crippen LogP contribution in [0.4, 0.5) is 0 Å². The quantitative estimate of drug-likeness (QED) is 0.255. The van der Waals surface area contributed by atoms with E-state index in [1.165, 1.54) is 32.0 Å². The summed E-state index contributed by atoms with van der Waals surface area (Å²) in [6.45, 7) is 0. The van der Waals surface area contributed by atoms with Crippen molar-refractivity contribution in [2.24, 2.45) is 0 Å². The summed E-state index contributed by atoms with van der Waals surface area (Å²) >= 11 is 5.51. The Kier molecular flexibility index (Phi) is 6.63. The zero-order chi connectivity index (χ0) is 20.8. The number of hydrogen-bond donors (Lipinski definition) is 0. The second-order valence-electron chi connectivity index (χ2n) is 6.77. The van der Waals surface area contributed by atoms with E-state index in [-0.39, 0.29) is 0 Å². The molecule has 0 aliphatic rings. The van der Waals surface area contributed by atoms with Crippen LogP contribution in [0.5, 0.6) is 5.75 Å². The van der Waals surface area contributed by atoms with Gasteiger partial charge in [-0.25, -0.2) is 0 Å². The van der Waals surface area contributed by atoms with Crippen LogP contribution in [0.2, 0.25) is 0 Å². The number of allylic oxidation sites excluding steroid dienone is 2. The van der Waals surface area contributed by atoms with Crippen molar-refractivity contribution < 1.29 is 4.74 Å². The molecular weight excluding hydrogens is 452 g/mol. The third kappa shape index (κ3) is 4.99. The van der Waals surface area contributed by atoms with Crippen LogP contribution < -0.4 is 4.74 Å². The molecular formula is C27H21BrOS. The summed E-state index contributed by atoms with van der Waals surface area (Å²) < 4.78 is 6.37. The maximum absolute atomic E-state index is 5.26. The first-order valence-electron chi connectivity index (χ1n) is 9.67. The highest BCUT2D eigenvalue weighted by molar-refractivity contribution is 9.10. The van der Waals surface area contributed by atoms with Crippen molar-refractivity contribution in [3.63, 3.8) is 0 Å². The molecule has 3 aromatic carbocycles. The minimum atomic E-state index is 0.869. The largest absolute Gasteiger partial charge is 0.497 e. The van der Waals surface area contributed by atoms with Crippen molar-refractivity contribution in [3.8, 4) is 26.6 Å². The van der Waals surface area contributed by atoms with Gasteiger partial charge in [0.1, 0.15) is 5.75 Å². The van der Waals surface area contributed by atoms with E-state index < -0.39 is 0 Å². The molecule has 0 aliphatic carbocycles. The van der Waals surface area contributed by atoms with Crippen molar-refractivity contribution in [2.75, 3.05) is 7.11 Å². The molecule has 0 bridgehead atoms. The Bertz CT molecular complexity index is 1150. The smallest absolute Gasteiger partial charge is 0.118 e. The highest BCUT2D eigenvalue weighted by Crippen LogP contribution is 2.41. The van der Waals surface area contributed by atoms with Gasteiger partial charge in [0.2, 0.25) is 0 Å². The molecule has 0 atom stereocenters. The highest BCUT2D eigenvalue weighted by Gasteiger charge is 2.10. The topological polar surface area (TPSA) is 9.23 Å². The zero-order valence-electron chi connectivity index (χ0n) is 16.6. The Morgan fingerprint density at radius 2 is 1.33 bits per heavy atom. The fraction of sp³-hybridized carbons (Fsp3) is 0.0370. The Morgan fingerprint density at radius 1 is 0.733 bits per heavy atom. The molecule has 0 amide bonds. The average Bonchev–Trinajstić information content (AvgIpc) is 3.19. The monoisotopic (exact) mass is 472 g/mol. The van der Waals surface area contributed by atoms with Gasteiger partial charge < -0.3 is 4.74 Å². The van der Waals surface area contributed by atoms with E-state index >= 15 is 0 Å². The molecule has 0 fully saturated rings. The first-order valence-corrected chi connectivity index (χ1v) is 11.3. The van der Waals surface area contributed by atoms with E-state index in [2.05, 4.69) is 94.8 Å². The van der Waals surface area contributed by atoms with Crippen molar-refractivity contribution in [3.05, 3.63) is 113 Å². The number of rotatable bonds is 6. The molecule has 1 aromatic heterocycles. The summed E-state index contributed by atoms with van der Waals surface area (Å²) in [6, 6.07) is 29.3. The Balaban J connectivity index is 1.47. The number of hydrogen-bond acceptors (Lipinski definition) is 2. The predicted molar refractivity (Wildman–Crippen MR) is 134 cm³/mol. The van der Waals surface area contributed by atoms with Gasteiger partial charge in [0.25, 0.3) is 0 Å². The van der Waals surface area contributed by atoms with Crippen LogP contribution in [0.15, 0.2) is 102 Å². The number of halogens is 1. The van der Waals surface area contributed by atoms with Crippen LogP contribution in [0.25, 0.3) is 33.0 Å².